The van der Waals surface area contributed by atoms with Crippen molar-refractivity contribution in [3.63, 3.8) is 0 Å². The minimum atomic E-state index is -1.02. The van der Waals surface area contributed by atoms with Crippen LogP contribution in [0.15, 0.2) is 0 Å². The highest BCUT2D eigenvalue weighted by atomic mass is 16.3. The number of piperazine rings is 1. The first-order valence-electron chi connectivity index (χ1n) is 4.10. The molecule has 0 aromatic carbocycles. The van der Waals surface area contributed by atoms with Gasteiger partial charge in [-0.25, -0.2) is 0 Å². The molecule has 1 fully saturated rings. The summed E-state index contributed by atoms with van der Waals surface area (Å²) in [6.07, 6.45) is -1.02. The predicted molar refractivity (Wildman–Crippen MR) is 44.5 cm³/mol. The second-order valence-electron chi connectivity index (χ2n) is 2.97. The molecule has 0 aliphatic carbocycles. The lowest BCUT2D eigenvalue weighted by Crippen LogP contribution is -2.48. The Morgan fingerprint density at radius 1 is 1.58 bits per heavy atom. The number of carbonyl (C=O) groups is 1. The predicted octanol–water partition coefficient (Wildman–Crippen LogP) is -2.26. The number of amides is 1. The van der Waals surface area contributed by atoms with Crippen molar-refractivity contribution in [2.75, 3.05) is 32.7 Å². The number of nitrogens with one attached hydrogen (secondary N) is 1. The molecule has 4 N–H and O–H groups in total. The third-order valence-electron chi connectivity index (χ3n) is 1.97. The molecule has 0 aromatic rings. The fourth-order valence-electron chi connectivity index (χ4n) is 1.23. The molecule has 5 heteroatoms. The second-order valence-corrected chi connectivity index (χ2v) is 2.97. The number of primary amides is 1. The van der Waals surface area contributed by atoms with Gasteiger partial charge in [0.15, 0.2) is 0 Å². The average molecular weight is 173 g/mol. The molecule has 0 spiro atoms. The van der Waals surface area contributed by atoms with Crippen LogP contribution in [0.25, 0.3) is 0 Å². The van der Waals surface area contributed by atoms with Crippen LogP contribution >= 0.6 is 0 Å². The summed E-state index contributed by atoms with van der Waals surface area (Å²) in [4.78, 5) is 12.5. The van der Waals surface area contributed by atoms with Crippen molar-refractivity contribution in [1.29, 1.82) is 0 Å². The van der Waals surface area contributed by atoms with E-state index in [1.807, 2.05) is 4.90 Å². The lowest BCUT2D eigenvalue weighted by atomic mass is 10.3. The molecule has 12 heavy (non-hydrogen) atoms. The fourth-order valence-corrected chi connectivity index (χ4v) is 1.23. The first-order valence-corrected chi connectivity index (χ1v) is 4.10. The van der Waals surface area contributed by atoms with Gasteiger partial charge in [0, 0.05) is 32.7 Å². The average Bonchev–Trinajstić information content (AvgIpc) is 2.06. The molecule has 1 amide bonds. The summed E-state index contributed by atoms with van der Waals surface area (Å²) in [5.41, 5.74) is 4.92. The van der Waals surface area contributed by atoms with Gasteiger partial charge in [0.25, 0.3) is 0 Å². The summed E-state index contributed by atoms with van der Waals surface area (Å²) < 4.78 is 0. The van der Waals surface area contributed by atoms with Crippen molar-refractivity contribution in [3.8, 4) is 0 Å². The largest absolute Gasteiger partial charge is 0.382 e. The van der Waals surface area contributed by atoms with Crippen LogP contribution in [0, 0.1) is 0 Å². The minimum Gasteiger partial charge on any atom is -0.382 e. The smallest absolute Gasteiger partial charge is 0.247 e. The zero-order chi connectivity index (χ0) is 8.97. The summed E-state index contributed by atoms with van der Waals surface area (Å²) in [7, 11) is 0. The molecule has 70 valence electrons. The van der Waals surface area contributed by atoms with Gasteiger partial charge in [0.05, 0.1) is 0 Å². The number of hydrogen-bond acceptors (Lipinski definition) is 4. The third-order valence-corrected chi connectivity index (χ3v) is 1.97. The van der Waals surface area contributed by atoms with Gasteiger partial charge < -0.3 is 16.2 Å². The number of rotatable bonds is 3. The zero-order valence-electron chi connectivity index (χ0n) is 6.99. The maximum Gasteiger partial charge on any atom is 0.247 e. The van der Waals surface area contributed by atoms with Crippen molar-refractivity contribution < 1.29 is 9.90 Å². The lowest BCUT2D eigenvalue weighted by molar-refractivity contribution is -0.127. The van der Waals surface area contributed by atoms with Gasteiger partial charge in [-0.05, 0) is 0 Å². The monoisotopic (exact) mass is 173 g/mol. The topological polar surface area (TPSA) is 78.6 Å². The summed E-state index contributed by atoms with van der Waals surface area (Å²) in [5.74, 6) is -0.645. The Kier molecular flexibility index (Phi) is 3.46. The third kappa shape index (κ3) is 2.77. The summed E-state index contributed by atoms with van der Waals surface area (Å²) in [6, 6.07) is 0. The van der Waals surface area contributed by atoms with Crippen molar-refractivity contribution in [2.45, 2.75) is 6.10 Å². The molecule has 1 aliphatic heterocycles. The molecule has 1 aliphatic rings. The van der Waals surface area contributed by atoms with Crippen LogP contribution in [0.5, 0.6) is 0 Å². The number of nitrogens with zero attached hydrogens (tertiary/aromatic N) is 1. The van der Waals surface area contributed by atoms with Crippen molar-refractivity contribution in [3.05, 3.63) is 0 Å². The maximum absolute atomic E-state index is 10.5. The molecule has 5 nitrogen and oxygen atoms in total. The van der Waals surface area contributed by atoms with E-state index in [1.54, 1.807) is 0 Å². The Morgan fingerprint density at radius 2 is 2.17 bits per heavy atom. The van der Waals surface area contributed by atoms with E-state index in [2.05, 4.69) is 5.32 Å². The number of carbonyl (C=O) groups excluding carboxylic acids is 1. The lowest BCUT2D eigenvalue weighted by Gasteiger charge is -2.28. The van der Waals surface area contributed by atoms with Crippen LogP contribution in [0.4, 0.5) is 0 Å². The van der Waals surface area contributed by atoms with Gasteiger partial charge in [-0.1, -0.05) is 0 Å². The van der Waals surface area contributed by atoms with Crippen LogP contribution in [0.3, 0.4) is 0 Å². The number of hydrogen-bond donors (Lipinski definition) is 3. The van der Waals surface area contributed by atoms with Crippen LogP contribution in [0.2, 0.25) is 0 Å². The molecule has 1 atom stereocenters. The molecule has 0 bridgehead atoms. The second kappa shape index (κ2) is 4.39. The fraction of sp³-hybridized carbons (Fsp3) is 0.857. The van der Waals surface area contributed by atoms with E-state index in [0.717, 1.165) is 26.2 Å². The Balaban J connectivity index is 2.24. The molecule has 0 saturated carbocycles. The van der Waals surface area contributed by atoms with E-state index in [9.17, 15) is 4.79 Å². The number of aliphatic hydroxyl groups is 1. The first-order chi connectivity index (χ1) is 5.70. The molecule has 1 saturated heterocycles. The molecule has 1 heterocycles. The van der Waals surface area contributed by atoms with Gasteiger partial charge in [-0.2, -0.15) is 0 Å². The van der Waals surface area contributed by atoms with Crippen LogP contribution in [-0.4, -0.2) is 54.7 Å². The van der Waals surface area contributed by atoms with Crippen molar-refractivity contribution in [1.82, 2.24) is 10.2 Å². The SMILES string of the molecule is NC(=O)C(O)CN1CCNCC1. The van der Waals surface area contributed by atoms with Gasteiger partial charge in [0.2, 0.25) is 5.91 Å². The van der Waals surface area contributed by atoms with Crippen molar-refractivity contribution in [2.24, 2.45) is 5.73 Å². The van der Waals surface area contributed by atoms with E-state index in [4.69, 9.17) is 10.8 Å². The van der Waals surface area contributed by atoms with E-state index in [0.29, 0.717) is 6.54 Å². The quantitative estimate of drug-likeness (QED) is 0.450. The van der Waals surface area contributed by atoms with Gasteiger partial charge in [-0.3, -0.25) is 9.69 Å². The molecule has 0 radical (unpaired) electrons. The van der Waals surface area contributed by atoms with Crippen LogP contribution in [-0.2, 0) is 4.79 Å². The molecular weight excluding hydrogens is 158 g/mol. The molecular formula is C7H15N3O2. The van der Waals surface area contributed by atoms with E-state index < -0.39 is 12.0 Å². The Bertz CT molecular complexity index is 157. The van der Waals surface area contributed by atoms with E-state index >= 15 is 0 Å². The van der Waals surface area contributed by atoms with Gasteiger partial charge >= 0.3 is 0 Å². The number of β-amino-alcohol motifs (C(OH)–C–C–N with tert-alkyl or cyclic N) is 1. The molecule has 0 aromatic heterocycles. The van der Waals surface area contributed by atoms with E-state index in [-0.39, 0.29) is 0 Å². The molecule has 1 unspecified atom stereocenters. The number of nitrogens with two attached hydrogens (primary N) is 1. The van der Waals surface area contributed by atoms with Gasteiger partial charge in [0.1, 0.15) is 6.10 Å². The highest BCUT2D eigenvalue weighted by Gasteiger charge is 2.17. The number of aliphatic hydroxyl groups excluding tert-OH is 1. The molecule has 1 rings (SSSR count). The van der Waals surface area contributed by atoms with Crippen LogP contribution in [0.1, 0.15) is 0 Å². The van der Waals surface area contributed by atoms with E-state index in [1.165, 1.54) is 0 Å². The summed E-state index contributed by atoms with van der Waals surface area (Å²) >= 11 is 0. The maximum atomic E-state index is 10.5. The van der Waals surface area contributed by atoms with Crippen molar-refractivity contribution >= 4 is 5.91 Å². The van der Waals surface area contributed by atoms with Gasteiger partial charge in [-0.15, -0.1) is 0 Å². The minimum absolute atomic E-state index is 0.358. The summed E-state index contributed by atoms with van der Waals surface area (Å²) in [5, 5.41) is 12.3. The summed E-state index contributed by atoms with van der Waals surface area (Å²) in [6.45, 7) is 3.91. The standard InChI is InChI=1S/C7H15N3O2/c8-7(12)6(11)5-10-3-1-9-2-4-10/h6,9,11H,1-5H2,(H2,8,12). The Labute approximate surface area is 71.5 Å². The van der Waals surface area contributed by atoms with Crippen LogP contribution < -0.4 is 11.1 Å². The Hall–Kier alpha value is -0.650. The first kappa shape index (κ1) is 9.44. The zero-order valence-corrected chi connectivity index (χ0v) is 6.99. The highest BCUT2D eigenvalue weighted by Crippen LogP contribution is 1.94. The Morgan fingerprint density at radius 3 is 2.67 bits per heavy atom. The normalized spacial score (nSPS) is 22.1. The highest BCUT2D eigenvalue weighted by molar-refractivity contribution is 5.78.